The van der Waals surface area contributed by atoms with Gasteiger partial charge in [0.25, 0.3) is 5.91 Å². The molecule has 2 rings (SSSR count). The van der Waals surface area contributed by atoms with Gasteiger partial charge in [0, 0.05) is 17.9 Å². The SMILES string of the molecule is CSCC(NC(=O)c1ccccc1-c1ccccc1)C(=O)NCCC#N. The van der Waals surface area contributed by atoms with Gasteiger partial charge in [0.1, 0.15) is 6.04 Å². The summed E-state index contributed by atoms with van der Waals surface area (Å²) in [6.45, 7) is 0.274. The molecule has 6 heteroatoms. The van der Waals surface area contributed by atoms with Crippen LogP contribution in [0.25, 0.3) is 11.1 Å². The van der Waals surface area contributed by atoms with Crippen molar-refractivity contribution in [2.75, 3.05) is 18.6 Å². The molecule has 0 aliphatic heterocycles. The van der Waals surface area contributed by atoms with E-state index in [4.69, 9.17) is 5.26 Å². The normalized spacial score (nSPS) is 11.2. The molecule has 26 heavy (non-hydrogen) atoms. The van der Waals surface area contributed by atoms with E-state index in [0.29, 0.717) is 11.3 Å². The fraction of sp³-hybridized carbons (Fsp3) is 0.250. The third kappa shape index (κ3) is 5.36. The highest BCUT2D eigenvalue weighted by molar-refractivity contribution is 7.98. The van der Waals surface area contributed by atoms with E-state index < -0.39 is 6.04 Å². The molecular weight excluding hydrogens is 346 g/mol. The molecule has 1 atom stereocenters. The van der Waals surface area contributed by atoms with Gasteiger partial charge in [-0.15, -0.1) is 0 Å². The minimum absolute atomic E-state index is 0.239. The number of hydrogen-bond acceptors (Lipinski definition) is 4. The molecule has 1 unspecified atom stereocenters. The average molecular weight is 367 g/mol. The van der Waals surface area contributed by atoms with Crippen LogP contribution in [0, 0.1) is 11.3 Å². The quantitative estimate of drug-likeness (QED) is 0.703. The Morgan fingerprint density at radius 2 is 1.81 bits per heavy atom. The van der Waals surface area contributed by atoms with Crippen molar-refractivity contribution in [1.82, 2.24) is 10.6 Å². The van der Waals surface area contributed by atoms with E-state index in [1.807, 2.05) is 54.8 Å². The number of carbonyl (C=O) groups excluding carboxylic acids is 2. The summed E-state index contributed by atoms with van der Waals surface area (Å²) in [5, 5.41) is 14.1. The highest BCUT2D eigenvalue weighted by atomic mass is 32.2. The van der Waals surface area contributed by atoms with Gasteiger partial charge in [-0.3, -0.25) is 9.59 Å². The summed E-state index contributed by atoms with van der Waals surface area (Å²) < 4.78 is 0. The molecule has 134 valence electrons. The summed E-state index contributed by atoms with van der Waals surface area (Å²) in [6.07, 6.45) is 2.11. The Balaban J connectivity index is 2.17. The topological polar surface area (TPSA) is 82.0 Å². The van der Waals surface area contributed by atoms with Gasteiger partial charge in [-0.05, 0) is 23.4 Å². The molecule has 0 heterocycles. The van der Waals surface area contributed by atoms with Gasteiger partial charge in [0.15, 0.2) is 0 Å². The second kappa shape index (κ2) is 10.3. The van der Waals surface area contributed by atoms with E-state index in [1.54, 1.807) is 12.1 Å². The second-order valence-corrected chi connectivity index (χ2v) is 6.50. The second-order valence-electron chi connectivity index (χ2n) is 5.59. The number of nitrogens with zero attached hydrogens (tertiary/aromatic N) is 1. The van der Waals surface area contributed by atoms with Gasteiger partial charge >= 0.3 is 0 Å². The Kier molecular flexibility index (Phi) is 7.72. The van der Waals surface area contributed by atoms with Gasteiger partial charge in [0.05, 0.1) is 12.5 Å². The number of amides is 2. The number of thioether (sulfide) groups is 1. The van der Waals surface area contributed by atoms with Crippen molar-refractivity contribution in [3.05, 3.63) is 60.2 Å². The van der Waals surface area contributed by atoms with E-state index in [-0.39, 0.29) is 24.8 Å². The molecule has 0 aliphatic carbocycles. The zero-order valence-electron chi connectivity index (χ0n) is 14.6. The summed E-state index contributed by atoms with van der Waals surface area (Å²) in [7, 11) is 0. The van der Waals surface area contributed by atoms with Crippen LogP contribution >= 0.6 is 11.8 Å². The first-order chi connectivity index (χ1) is 12.7. The highest BCUT2D eigenvalue weighted by Crippen LogP contribution is 2.23. The van der Waals surface area contributed by atoms with E-state index in [9.17, 15) is 9.59 Å². The van der Waals surface area contributed by atoms with Gasteiger partial charge in [0.2, 0.25) is 5.91 Å². The van der Waals surface area contributed by atoms with Crippen molar-refractivity contribution in [1.29, 1.82) is 5.26 Å². The largest absolute Gasteiger partial charge is 0.353 e. The van der Waals surface area contributed by atoms with Crippen molar-refractivity contribution >= 4 is 23.6 Å². The molecule has 0 saturated heterocycles. The number of nitrogens with one attached hydrogen (secondary N) is 2. The maximum absolute atomic E-state index is 12.8. The summed E-state index contributed by atoms with van der Waals surface area (Å²) in [5.41, 5.74) is 2.28. The smallest absolute Gasteiger partial charge is 0.252 e. The molecule has 2 aromatic rings. The lowest BCUT2D eigenvalue weighted by atomic mass is 9.99. The molecule has 0 bridgehead atoms. The van der Waals surface area contributed by atoms with Crippen molar-refractivity contribution in [3.63, 3.8) is 0 Å². The lowest BCUT2D eigenvalue weighted by Crippen LogP contribution is -2.48. The van der Waals surface area contributed by atoms with E-state index in [2.05, 4.69) is 10.6 Å². The molecule has 5 nitrogen and oxygen atoms in total. The van der Waals surface area contributed by atoms with Crippen molar-refractivity contribution in [2.45, 2.75) is 12.5 Å². The van der Waals surface area contributed by atoms with Crippen LogP contribution in [-0.2, 0) is 4.79 Å². The monoisotopic (exact) mass is 367 g/mol. The molecule has 2 aromatic carbocycles. The van der Waals surface area contributed by atoms with Gasteiger partial charge in [-0.25, -0.2) is 0 Å². The first-order valence-corrected chi connectivity index (χ1v) is 9.65. The van der Waals surface area contributed by atoms with E-state index in [0.717, 1.165) is 11.1 Å². The first-order valence-electron chi connectivity index (χ1n) is 8.26. The third-order valence-electron chi connectivity index (χ3n) is 3.75. The third-order valence-corrected chi connectivity index (χ3v) is 4.41. The Bertz CT molecular complexity index is 787. The number of carbonyl (C=O) groups is 2. The highest BCUT2D eigenvalue weighted by Gasteiger charge is 2.22. The lowest BCUT2D eigenvalue weighted by Gasteiger charge is -2.18. The number of hydrogen-bond donors (Lipinski definition) is 2. The van der Waals surface area contributed by atoms with Crippen LogP contribution in [0.4, 0.5) is 0 Å². The molecule has 2 amide bonds. The summed E-state index contributed by atoms with van der Waals surface area (Å²) in [4.78, 5) is 25.1. The maximum atomic E-state index is 12.8. The summed E-state index contributed by atoms with van der Waals surface area (Å²) in [5.74, 6) is -0.114. The fourth-order valence-electron chi connectivity index (χ4n) is 2.50. The van der Waals surface area contributed by atoms with Crippen LogP contribution in [0.1, 0.15) is 16.8 Å². The predicted molar refractivity (Wildman–Crippen MR) is 105 cm³/mol. The lowest BCUT2D eigenvalue weighted by molar-refractivity contribution is -0.122. The van der Waals surface area contributed by atoms with Crippen LogP contribution in [0.3, 0.4) is 0 Å². The van der Waals surface area contributed by atoms with Gasteiger partial charge < -0.3 is 10.6 Å². The van der Waals surface area contributed by atoms with Crippen molar-refractivity contribution in [3.8, 4) is 17.2 Å². The minimum atomic E-state index is -0.653. The number of nitriles is 1. The molecule has 0 saturated carbocycles. The fourth-order valence-corrected chi connectivity index (χ4v) is 3.07. The van der Waals surface area contributed by atoms with Gasteiger partial charge in [-0.1, -0.05) is 48.5 Å². The Labute approximate surface area is 157 Å². The Morgan fingerprint density at radius 1 is 1.12 bits per heavy atom. The van der Waals surface area contributed by atoms with Crippen molar-refractivity contribution in [2.24, 2.45) is 0 Å². The number of rotatable bonds is 8. The van der Waals surface area contributed by atoms with Crippen LogP contribution in [0.5, 0.6) is 0 Å². The van der Waals surface area contributed by atoms with E-state index in [1.165, 1.54) is 11.8 Å². The van der Waals surface area contributed by atoms with Crippen molar-refractivity contribution < 1.29 is 9.59 Å². The van der Waals surface area contributed by atoms with Crippen LogP contribution < -0.4 is 10.6 Å². The summed E-state index contributed by atoms with van der Waals surface area (Å²) >= 11 is 1.47. The molecular formula is C20H21N3O2S. The van der Waals surface area contributed by atoms with Gasteiger partial charge in [-0.2, -0.15) is 17.0 Å². The van der Waals surface area contributed by atoms with Crippen LogP contribution in [-0.4, -0.2) is 36.4 Å². The molecule has 0 aromatic heterocycles. The standard InChI is InChI=1S/C20H21N3O2S/c1-26-14-18(20(25)22-13-7-12-21)23-19(24)17-11-6-5-10-16(17)15-8-3-2-4-9-15/h2-6,8-11,18H,7,13-14H2,1H3,(H,22,25)(H,23,24). The Hall–Kier alpha value is -2.78. The molecule has 0 spiro atoms. The first kappa shape index (κ1) is 19.5. The minimum Gasteiger partial charge on any atom is -0.353 e. The van der Waals surface area contributed by atoms with E-state index >= 15 is 0 Å². The molecule has 0 aliphatic rings. The zero-order valence-corrected chi connectivity index (χ0v) is 15.4. The van der Waals surface area contributed by atoms with Crippen LogP contribution in [0.15, 0.2) is 54.6 Å². The number of benzene rings is 2. The average Bonchev–Trinajstić information content (AvgIpc) is 2.68. The molecule has 2 N–H and O–H groups in total. The molecule has 0 radical (unpaired) electrons. The predicted octanol–water partition coefficient (Wildman–Crippen LogP) is 2.84. The molecule has 0 fully saturated rings. The maximum Gasteiger partial charge on any atom is 0.252 e. The van der Waals surface area contributed by atoms with Crippen LogP contribution in [0.2, 0.25) is 0 Å². The zero-order chi connectivity index (χ0) is 18.8. The summed E-state index contributed by atoms with van der Waals surface area (Å²) in [6, 6.07) is 18.3. The Morgan fingerprint density at radius 3 is 2.50 bits per heavy atom.